The highest BCUT2D eigenvalue weighted by Crippen LogP contribution is 2.32. The zero-order chi connectivity index (χ0) is 15.6. The van der Waals surface area contributed by atoms with Crippen LogP contribution < -0.4 is 5.32 Å². The molecule has 1 aromatic heterocycles. The number of aromatic nitrogens is 2. The van der Waals surface area contributed by atoms with Gasteiger partial charge in [0.2, 0.25) is 0 Å². The quantitative estimate of drug-likeness (QED) is 0.919. The summed E-state index contributed by atoms with van der Waals surface area (Å²) in [6, 6.07) is 5.80. The Labute approximate surface area is 123 Å². The third kappa shape index (κ3) is 3.69. The van der Waals surface area contributed by atoms with Gasteiger partial charge in [0, 0.05) is 5.69 Å². The second-order valence-electron chi connectivity index (χ2n) is 4.22. The Bertz CT molecular complexity index is 671. The molecule has 2 rings (SSSR count). The first-order valence-electron chi connectivity index (χ1n) is 5.76. The number of anilines is 1. The van der Waals surface area contributed by atoms with Crippen molar-refractivity contribution in [2.45, 2.75) is 13.1 Å². The van der Waals surface area contributed by atoms with Crippen LogP contribution in [0.15, 0.2) is 30.3 Å². The SMILES string of the molecule is Cc1ccc(C(F)(F)F)cc1NC(=O)c1ccc(Cl)nn1. The fourth-order valence-electron chi connectivity index (χ4n) is 1.56. The van der Waals surface area contributed by atoms with E-state index < -0.39 is 17.6 Å². The number of alkyl halides is 3. The van der Waals surface area contributed by atoms with Gasteiger partial charge in [-0.3, -0.25) is 4.79 Å². The van der Waals surface area contributed by atoms with E-state index in [9.17, 15) is 18.0 Å². The van der Waals surface area contributed by atoms with Gasteiger partial charge in [-0.25, -0.2) is 0 Å². The van der Waals surface area contributed by atoms with Crippen LogP contribution in [0.25, 0.3) is 0 Å². The van der Waals surface area contributed by atoms with Crippen molar-refractivity contribution in [2.24, 2.45) is 0 Å². The number of aryl methyl sites for hydroxylation is 1. The van der Waals surface area contributed by atoms with Gasteiger partial charge in [0.15, 0.2) is 10.8 Å². The molecule has 0 unspecified atom stereocenters. The smallest absolute Gasteiger partial charge is 0.320 e. The summed E-state index contributed by atoms with van der Waals surface area (Å²) in [6.07, 6.45) is -4.48. The van der Waals surface area contributed by atoms with Crippen molar-refractivity contribution in [1.82, 2.24) is 10.2 Å². The summed E-state index contributed by atoms with van der Waals surface area (Å²) in [4.78, 5) is 11.9. The van der Waals surface area contributed by atoms with Crippen LogP contribution in [0.1, 0.15) is 21.6 Å². The molecule has 4 nitrogen and oxygen atoms in total. The molecule has 110 valence electrons. The Morgan fingerprint density at radius 1 is 1.19 bits per heavy atom. The maximum atomic E-state index is 12.7. The molecule has 0 saturated carbocycles. The summed E-state index contributed by atoms with van der Waals surface area (Å²) in [7, 11) is 0. The maximum Gasteiger partial charge on any atom is 0.416 e. The van der Waals surface area contributed by atoms with Crippen molar-refractivity contribution in [2.75, 3.05) is 5.32 Å². The highest BCUT2D eigenvalue weighted by atomic mass is 35.5. The lowest BCUT2D eigenvalue weighted by atomic mass is 10.1. The van der Waals surface area contributed by atoms with Gasteiger partial charge in [0.05, 0.1) is 5.56 Å². The van der Waals surface area contributed by atoms with Gasteiger partial charge in [-0.05, 0) is 36.8 Å². The second-order valence-corrected chi connectivity index (χ2v) is 4.61. The van der Waals surface area contributed by atoms with Gasteiger partial charge in [0.25, 0.3) is 5.91 Å². The number of carbonyl (C=O) groups excluding carboxylic acids is 1. The lowest BCUT2D eigenvalue weighted by Gasteiger charge is -2.12. The highest BCUT2D eigenvalue weighted by Gasteiger charge is 2.31. The Kier molecular flexibility index (Phi) is 4.13. The van der Waals surface area contributed by atoms with E-state index in [1.54, 1.807) is 6.92 Å². The van der Waals surface area contributed by atoms with Crippen molar-refractivity contribution < 1.29 is 18.0 Å². The third-order valence-electron chi connectivity index (χ3n) is 2.68. The van der Waals surface area contributed by atoms with Crippen LogP contribution in [0.4, 0.5) is 18.9 Å². The maximum absolute atomic E-state index is 12.7. The fraction of sp³-hybridized carbons (Fsp3) is 0.154. The predicted octanol–water partition coefficient (Wildman–Crippen LogP) is 3.71. The fourth-order valence-corrected chi connectivity index (χ4v) is 1.66. The van der Waals surface area contributed by atoms with Gasteiger partial charge in [0.1, 0.15) is 0 Å². The molecule has 0 atom stereocenters. The molecule has 0 aliphatic rings. The van der Waals surface area contributed by atoms with Crippen molar-refractivity contribution in [3.8, 4) is 0 Å². The zero-order valence-electron chi connectivity index (χ0n) is 10.7. The van der Waals surface area contributed by atoms with E-state index >= 15 is 0 Å². The Morgan fingerprint density at radius 2 is 1.90 bits per heavy atom. The molecule has 1 N–H and O–H groups in total. The topological polar surface area (TPSA) is 54.9 Å². The molecule has 2 aromatic rings. The number of benzene rings is 1. The largest absolute Gasteiger partial charge is 0.416 e. The monoisotopic (exact) mass is 315 g/mol. The standard InChI is InChI=1S/C13H9ClF3N3O/c1-7-2-3-8(13(15,16)17)6-10(7)18-12(21)9-4-5-11(14)20-19-9/h2-6H,1H3,(H,18,21). The first-order valence-corrected chi connectivity index (χ1v) is 6.13. The number of amides is 1. The molecular formula is C13H9ClF3N3O. The number of nitrogens with one attached hydrogen (secondary N) is 1. The van der Waals surface area contributed by atoms with E-state index in [4.69, 9.17) is 11.6 Å². The zero-order valence-corrected chi connectivity index (χ0v) is 11.5. The lowest BCUT2D eigenvalue weighted by Crippen LogP contribution is -2.16. The molecule has 0 aliphatic heterocycles. The van der Waals surface area contributed by atoms with Crippen molar-refractivity contribution in [3.05, 3.63) is 52.3 Å². The average Bonchev–Trinajstić information content (AvgIpc) is 2.40. The average molecular weight is 316 g/mol. The summed E-state index contributed by atoms with van der Waals surface area (Å²) in [5, 5.41) is 9.54. The van der Waals surface area contributed by atoms with Crippen molar-refractivity contribution >= 4 is 23.2 Å². The Balaban J connectivity index is 2.26. The number of carbonyl (C=O) groups is 1. The Morgan fingerprint density at radius 3 is 2.48 bits per heavy atom. The van der Waals surface area contributed by atoms with E-state index in [0.29, 0.717) is 5.56 Å². The third-order valence-corrected chi connectivity index (χ3v) is 2.88. The minimum Gasteiger partial charge on any atom is -0.320 e. The number of nitrogens with zero attached hydrogens (tertiary/aromatic N) is 2. The molecule has 0 spiro atoms. The Hall–Kier alpha value is -2.15. The lowest BCUT2D eigenvalue weighted by molar-refractivity contribution is -0.137. The number of halogens is 4. The van der Waals surface area contributed by atoms with Gasteiger partial charge in [-0.1, -0.05) is 17.7 Å². The molecule has 1 amide bonds. The summed E-state index contributed by atoms with van der Waals surface area (Å²) in [6.45, 7) is 1.59. The van der Waals surface area contributed by atoms with Crippen LogP contribution in [0.3, 0.4) is 0 Å². The molecule has 1 aromatic carbocycles. The van der Waals surface area contributed by atoms with Crippen LogP contribution in [0.2, 0.25) is 5.15 Å². The second kappa shape index (κ2) is 5.69. The van der Waals surface area contributed by atoms with E-state index in [2.05, 4.69) is 15.5 Å². The molecule has 0 saturated heterocycles. The summed E-state index contributed by atoms with van der Waals surface area (Å²) in [5.41, 5.74) is -0.327. The minimum atomic E-state index is -4.48. The highest BCUT2D eigenvalue weighted by molar-refractivity contribution is 6.29. The first-order chi connectivity index (χ1) is 9.77. The number of hydrogen-bond donors (Lipinski definition) is 1. The summed E-state index contributed by atoms with van der Waals surface area (Å²) < 4.78 is 38.0. The normalized spacial score (nSPS) is 11.3. The minimum absolute atomic E-state index is 0.0452. The van der Waals surface area contributed by atoms with Crippen LogP contribution in [-0.4, -0.2) is 16.1 Å². The summed E-state index contributed by atoms with van der Waals surface area (Å²) in [5.74, 6) is -0.665. The van der Waals surface area contributed by atoms with Crippen molar-refractivity contribution in [3.63, 3.8) is 0 Å². The van der Waals surface area contributed by atoms with Gasteiger partial charge in [-0.15, -0.1) is 10.2 Å². The summed E-state index contributed by atoms with van der Waals surface area (Å²) >= 11 is 5.54. The number of rotatable bonds is 2. The molecular weight excluding hydrogens is 307 g/mol. The van der Waals surface area contributed by atoms with Crippen LogP contribution in [-0.2, 0) is 6.18 Å². The molecule has 0 fully saturated rings. The van der Waals surface area contributed by atoms with Crippen molar-refractivity contribution in [1.29, 1.82) is 0 Å². The first kappa shape index (κ1) is 15.2. The predicted molar refractivity (Wildman–Crippen MR) is 71.2 cm³/mol. The van der Waals surface area contributed by atoms with Crippen LogP contribution in [0.5, 0.6) is 0 Å². The van der Waals surface area contributed by atoms with Gasteiger partial charge in [-0.2, -0.15) is 13.2 Å². The molecule has 0 bridgehead atoms. The number of hydrogen-bond acceptors (Lipinski definition) is 3. The molecule has 8 heteroatoms. The van der Waals surface area contributed by atoms with Gasteiger partial charge < -0.3 is 5.32 Å². The molecule has 21 heavy (non-hydrogen) atoms. The van der Waals surface area contributed by atoms with Crippen LogP contribution in [0, 0.1) is 6.92 Å². The van der Waals surface area contributed by atoms with Gasteiger partial charge >= 0.3 is 6.18 Å². The van der Waals surface area contributed by atoms with E-state index in [0.717, 1.165) is 12.1 Å². The van der Waals surface area contributed by atoms with Crippen LogP contribution >= 0.6 is 11.6 Å². The van der Waals surface area contributed by atoms with E-state index in [1.165, 1.54) is 18.2 Å². The molecule has 1 heterocycles. The molecule has 0 radical (unpaired) electrons. The van der Waals surface area contributed by atoms with E-state index in [-0.39, 0.29) is 16.5 Å². The van der Waals surface area contributed by atoms with E-state index in [1.807, 2.05) is 0 Å². The molecule has 0 aliphatic carbocycles.